The summed E-state index contributed by atoms with van der Waals surface area (Å²) in [6.45, 7) is 3.65. The Labute approximate surface area is 88.8 Å². The predicted octanol–water partition coefficient (Wildman–Crippen LogP) is 3.15. The lowest BCUT2D eigenvalue weighted by Crippen LogP contribution is -1.93. The van der Waals surface area contributed by atoms with Gasteiger partial charge in [0.25, 0.3) is 0 Å². The molecule has 0 saturated heterocycles. The average molecular weight is 212 g/mol. The van der Waals surface area contributed by atoms with E-state index in [-0.39, 0.29) is 6.10 Å². The molecule has 1 aromatic rings. The van der Waals surface area contributed by atoms with Crippen LogP contribution in [0.25, 0.3) is 0 Å². The number of methoxy groups -OCH3 is 1. The van der Waals surface area contributed by atoms with Gasteiger partial charge in [-0.15, -0.1) is 17.9 Å². The average Bonchev–Trinajstić information content (AvgIpc) is 2.66. The second-order valence-electron chi connectivity index (χ2n) is 3.12. The monoisotopic (exact) mass is 212 g/mol. The summed E-state index contributed by atoms with van der Waals surface area (Å²) in [7, 11) is 1.63. The molecule has 1 unspecified atom stereocenters. The summed E-state index contributed by atoms with van der Waals surface area (Å²) in [5.41, 5.74) is 0. The largest absolute Gasteiger partial charge is 0.496 e. The highest BCUT2D eigenvalue weighted by Crippen LogP contribution is 2.29. The number of ether oxygens (including phenoxy) is 1. The van der Waals surface area contributed by atoms with Crippen LogP contribution in [0, 0.1) is 0 Å². The Morgan fingerprint density at radius 3 is 3.07 bits per heavy atom. The molecule has 0 spiro atoms. The van der Waals surface area contributed by atoms with Gasteiger partial charge in [0, 0.05) is 10.3 Å². The van der Waals surface area contributed by atoms with Crippen molar-refractivity contribution in [1.82, 2.24) is 0 Å². The molecule has 1 rings (SSSR count). The first kappa shape index (κ1) is 11.3. The van der Waals surface area contributed by atoms with E-state index >= 15 is 0 Å². The minimum atomic E-state index is -0.358. The van der Waals surface area contributed by atoms with E-state index in [1.165, 1.54) is 11.3 Å². The fourth-order valence-corrected chi connectivity index (χ4v) is 2.09. The van der Waals surface area contributed by atoms with Gasteiger partial charge in [0.15, 0.2) is 0 Å². The Balaban J connectivity index is 2.43. The van der Waals surface area contributed by atoms with Crippen molar-refractivity contribution in [2.75, 3.05) is 7.11 Å². The Bertz CT molecular complexity index is 281. The van der Waals surface area contributed by atoms with Crippen LogP contribution < -0.4 is 4.74 Å². The molecule has 2 nitrogen and oxygen atoms in total. The lowest BCUT2D eigenvalue weighted by molar-refractivity contribution is 0.168. The second-order valence-corrected chi connectivity index (χ2v) is 4.07. The van der Waals surface area contributed by atoms with Gasteiger partial charge < -0.3 is 9.84 Å². The first-order valence-corrected chi connectivity index (χ1v) is 5.57. The highest BCUT2D eigenvalue weighted by atomic mass is 32.1. The molecule has 3 heteroatoms. The highest BCUT2D eigenvalue weighted by molar-refractivity contribution is 7.10. The third-order valence-electron chi connectivity index (χ3n) is 2.05. The van der Waals surface area contributed by atoms with Crippen molar-refractivity contribution in [3.05, 3.63) is 29.0 Å². The summed E-state index contributed by atoms with van der Waals surface area (Å²) in [5.74, 6) is 0.827. The van der Waals surface area contributed by atoms with Gasteiger partial charge in [0.2, 0.25) is 0 Å². The van der Waals surface area contributed by atoms with Gasteiger partial charge in [-0.05, 0) is 25.3 Å². The maximum Gasteiger partial charge on any atom is 0.129 e. The molecule has 0 saturated carbocycles. The minimum absolute atomic E-state index is 0.358. The fraction of sp³-hybridized carbons (Fsp3) is 0.455. The number of aliphatic hydroxyl groups excluding tert-OH is 1. The van der Waals surface area contributed by atoms with Crippen LogP contribution in [0.5, 0.6) is 5.75 Å². The SMILES string of the molecule is C=CCCCC(O)c1cc(OC)cs1. The van der Waals surface area contributed by atoms with E-state index in [1.807, 2.05) is 17.5 Å². The van der Waals surface area contributed by atoms with Crippen molar-refractivity contribution in [2.24, 2.45) is 0 Å². The fourth-order valence-electron chi connectivity index (χ4n) is 1.21. The lowest BCUT2D eigenvalue weighted by atomic mass is 10.1. The van der Waals surface area contributed by atoms with Crippen molar-refractivity contribution < 1.29 is 9.84 Å². The number of unbranched alkanes of at least 4 members (excludes halogenated alkanes) is 1. The van der Waals surface area contributed by atoms with E-state index in [0.717, 1.165) is 29.9 Å². The molecule has 0 bridgehead atoms. The van der Waals surface area contributed by atoms with Gasteiger partial charge >= 0.3 is 0 Å². The Morgan fingerprint density at radius 1 is 1.71 bits per heavy atom. The molecule has 78 valence electrons. The van der Waals surface area contributed by atoms with Crippen LogP contribution in [-0.4, -0.2) is 12.2 Å². The third-order valence-corrected chi connectivity index (χ3v) is 3.06. The van der Waals surface area contributed by atoms with Gasteiger partial charge in [-0.1, -0.05) is 6.08 Å². The molecule has 1 aromatic heterocycles. The van der Waals surface area contributed by atoms with Crippen molar-refractivity contribution >= 4 is 11.3 Å². The van der Waals surface area contributed by atoms with E-state index in [9.17, 15) is 5.11 Å². The molecular weight excluding hydrogens is 196 g/mol. The molecule has 1 heterocycles. The van der Waals surface area contributed by atoms with E-state index < -0.39 is 0 Å². The molecule has 1 atom stereocenters. The summed E-state index contributed by atoms with van der Waals surface area (Å²) in [6, 6.07) is 1.89. The van der Waals surface area contributed by atoms with Crippen LogP contribution in [0.2, 0.25) is 0 Å². The van der Waals surface area contributed by atoms with E-state index in [2.05, 4.69) is 6.58 Å². The number of hydrogen-bond acceptors (Lipinski definition) is 3. The topological polar surface area (TPSA) is 29.5 Å². The minimum Gasteiger partial charge on any atom is -0.496 e. The van der Waals surface area contributed by atoms with Crippen molar-refractivity contribution in [3.63, 3.8) is 0 Å². The zero-order valence-electron chi connectivity index (χ0n) is 8.40. The van der Waals surface area contributed by atoms with Gasteiger partial charge in [0.05, 0.1) is 13.2 Å². The van der Waals surface area contributed by atoms with E-state index in [4.69, 9.17) is 4.74 Å². The molecule has 0 amide bonds. The molecule has 1 N–H and O–H groups in total. The van der Waals surface area contributed by atoms with Crippen LogP contribution in [-0.2, 0) is 0 Å². The van der Waals surface area contributed by atoms with Crippen LogP contribution >= 0.6 is 11.3 Å². The zero-order valence-corrected chi connectivity index (χ0v) is 9.22. The zero-order chi connectivity index (χ0) is 10.4. The summed E-state index contributed by atoms with van der Waals surface area (Å²) < 4.78 is 5.05. The van der Waals surface area contributed by atoms with Gasteiger partial charge in [-0.2, -0.15) is 0 Å². The normalized spacial score (nSPS) is 12.4. The Hall–Kier alpha value is -0.800. The molecule has 0 aliphatic heterocycles. The molecule has 0 fully saturated rings. The van der Waals surface area contributed by atoms with Crippen LogP contribution in [0.1, 0.15) is 30.2 Å². The maximum absolute atomic E-state index is 9.78. The number of aliphatic hydroxyl groups is 1. The predicted molar refractivity (Wildman–Crippen MR) is 59.9 cm³/mol. The second kappa shape index (κ2) is 5.83. The van der Waals surface area contributed by atoms with E-state index in [0.29, 0.717) is 0 Å². The molecule has 14 heavy (non-hydrogen) atoms. The quantitative estimate of drug-likeness (QED) is 0.580. The molecule has 0 aromatic carbocycles. The first-order valence-electron chi connectivity index (χ1n) is 4.69. The summed E-state index contributed by atoms with van der Waals surface area (Å²) in [5, 5.41) is 11.7. The smallest absolute Gasteiger partial charge is 0.129 e. The van der Waals surface area contributed by atoms with Crippen LogP contribution in [0.3, 0.4) is 0 Å². The van der Waals surface area contributed by atoms with Crippen LogP contribution in [0.4, 0.5) is 0 Å². The number of thiophene rings is 1. The summed E-state index contributed by atoms with van der Waals surface area (Å²) in [4.78, 5) is 0.978. The number of allylic oxidation sites excluding steroid dienone is 1. The molecular formula is C11H16O2S. The standard InChI is InChI=1S/C11H16O2S/c1-3-4-5-6-10(12)11-7-9(13-2)8-14-11/h3,7-8,10,12H,1,4-6H2,2H3. The number of hydrogen-bond donors (Lipinski definition) is 1. The van der Waals surface area contributed by atoms with E-state index in [1.54, 1.807) is 7.11 Å². The van der Waals surface area contributed by atoms with Gasteiger partial charge in [-0.3, -0.25) is 0 Å². The number of rotatable bonds is 6. The van der Waals surface area contributed by atoms with Gasteiger partial charge in [-0.25, -0.2) is 0 Å². The van der Waals surface area contributed by atoms with Crippen molar-refractivity contribution in [3.8, 4) is 5.75 Å². The molecule has 0 radical (unpaired) electrons. The van der Waals surface area contributed by atoms with Crippen molar-refractivity contribution in [1.29, 1.82) is 0 Å². The molecule has 0 aliphatic carbocycles. The van der Waals surface area contributed by atoms with Crippen molar-refractivity contribution in [2.45, 2.75) is 25.4 Å². The van der Waals surface area contributed by atoms with Crippen LogP contribution in [0.15, 0.2) is 24.1 Å². The molecule has 0 aliphatic rings. The Kier molecular flexibility index (Phi) is 4.70. The summed E-state index contributed by atoms with van der Waals surface area (Å²) in [6.07, 6.45) is 4.24. The lowest BCUT2D eigenvalue weighted by Gasteiger charge is -2.06. The maximum atomic E-state index is 9.78. The third kappa shape index (κ3) is 3.16. The van der Waals surface area contributed by atoms with Gasteiger partial charge in [0.1, 0.15) is 5.75 Å². The first-order chi connectivity index (χ1) is 6.77. The Morgan fingerprint density at radius 2 is 2.50 bits per heavy atom. The highest BCUT2D eigenvalue weighted by Gasteiger charge is 2.09. The summed E-state index contributed by atoms with van der Waals surface area (Å²) >= 11 is 1.54.